The topological polar surface area (TPSA) is 70.1 Å². The van der Waals surface area contributed by atoms with Gasteiger partial charge in [0.2, 0.25) is 5.91 Å². The van der Waals surface area contributed by atoms with Gasteiger partial charge in [0, 0.05) is 37.2 Å². The fourth-order valence-corrected chi connectivity index (χ4v) is 4.08. The highest BCUT2D eigenvalue weighted by molar-refractivity contribution is 6.30. The molecule has 1 amide bonds. The van der Waals surface area contributed by atoms with Crippen LogP contribution in [-0.4, -0.2) is 59.6 Å². The number of carbonyl (C=O) groups is 2. The van der Waals surface area contributed by atoms with Crippen LogP contribution in [0.4, 0.5) is 0 Å². The lowest BCUT2D eigenvalue weighted by molar-refractivity contribution is -0.136. The molecule has 0 bridgehead atoms. The molecule has 7 heteroatoms. The van der Waals surface area contributed by atoms with E-state index in [1.807, 2.05) is 42.2 Å². The molecule has 1 saturated heterocycles. The van der Waals surface area contributed by atoms with Crippen molar-refractivity contribution in [3.8, 4) is 5.75 Å². The molecule has 30 heavy (non-hydrogen) atoms. The third-order valence-electron chi connectivity index (χ3n) is 5.45. The predicted octanol–water partition coefficient (Wildman–Crippen LogP) is 3.25. The molecule has 2 aromatic carbocycles. The first kappa shape index (κ1) is 22.1. The highest BCUT2D eigenvalue weighted by atomic mass is 35.5. The van der Waals surface area contributed by atoms with Crippen molar-refractivity contribution in [3.63, 3.8) is 0 Å². The number of aliphatic carboxylic acids is 1. The number of benzene rings is 2. The van der Waals surface area contributed by atoms with Gasteiger partial charge in [-0.1, -0.05) is 29.8 Å². The molecular weight excluding hydrogens is 404 g/mol. The number of hydrogen-bond acceptors (Lipinski definition) is 4. The Balaban J connectivity index is 1.60. The molecule has 160 valence electrons. The van der Waals surface area contributed by atoms with Crippen LogP contribution in [0.3, 0.4) is 0 Å². The Bertz CT molecular complexity index is 901. The number of carboxylic acid groups (broad SMARTS) is 1. The second-order valence-electron chi connectivity index (χ2n) is 7.68. The Morgan fingerprint density at radius 2 is 1.83 bits per heavy atom. The molecule has 1 heterocycles. The summed E-state index contributed by atoms with van der Waals surface area (Å²) in [5.41, 5.74) is 2.67. The zero-order chi connectivity index (χ0) is 21.7. The average Bonchev–Trinajstić information content (AvgIpc) is 2.70. The molecule has 1 atom stereocenters. The third-order valence-corrected chi connectivity index (χ3v) is 5.69. The van der Waals surface area contributed by atoms with E-state index in [0.717, 1.165) is 35.5 Å². The largest absolute Gasteiger partial charge is 0.497 e. The molecule has 0 aromatic heterocycles. The van der Waals surface area contributed by atoms with Gasteiger partial charge in [0.1, 0.15) is 5.75 Å². The van der Waals surface area contributed by atoms with Crippen molar-refractivity contribution >= 4 is 23.5 Å². The van der Waals surface area contributed by atoms with Crippen LogP contribution in [0, 0.1) is 0 Å². The molecule has 3 rings (SSSR count). The molecule has 1 aliphatic heterocycles. The number of amides is 1. The monoisotopic (exact) mass is 430 g/mol. The smallest absolute Gasteiger partial charge is 0.307 e. The van der Waals surface area contributed by atoms with E-state index in [1.54, 1.807) is 19.2 Å². The Morgan fingerprint density at radius 3 is 2.47 bits per heavy atom. The third kappa shape index (κ3) is 5.74. The number of halogens is 1. The van der Waals surface area contributed by atoms with Crippen molar-refractivity contribution in [2.45, 2.75) is 32.4 Å². The number of hydrogen-bond donors (Lipinski definition) is 1. The number of ether oxygens (including phenoxy) is 1. The standard InChI is InChI=1S/C23H27ClN2O4/c1-16-14-25(15-19-12-20(24)6-5-18(19)13-23(28)29)9-10-26(16)22(27)11-17-3-7-21(30-2)8-4-17/h3-8,12,16H,9-11,13-15H2,1-2H3,(H,28,29). The van der Waals surface area contributed by atoms with E-state index in [2.05, 4.69) is 4.90 Å². The number of rotatable bonds is 7. The lowest BCUT2D eigenvalue weighted by atomic mass is 10.0. The summed E-state index contributed by atoms with van der Waals surface area (Å²) >= 11 is 6.13. The van der Waals surface area contributed by atoms with Crippen molar-refractivity contribution in [2.24, 2.45) is 0 Å². The molecule has 1 N–H and O–H groups in total. The lowest BCUT2D eigenvalue weighted by Crippen LogP contribution is -2.54. The zero-order valence-corrected chi connectivity index (χ0v) is 18.1. The Hall–Kier alpha value is -2.57. The van der Waals surface area contributed by atoms with Crippen molar-refractivity contribution in [1.82, 2.24) is 9.80 Å². The number of piperazine rings is 1. The molecular formula is C23H27ClN2O4. The first-order valence-electron chi connectivity index (χ1n) is 9.99. The normalized spacial score (nSPS) is 17.0. The Labute approximate surface area is 182 Å². The van der Waals surface area contributed by atoms with Crippen molar-refractivity contribution in [2.75, 3.05) is 26.7 Å². The maximum Gasteiger partial charge on any atom is 0.307 e. The number of nitrogens with zero attached hydrogens (tertiary/aromatic N) is 2. The molecule has 0 radical (unpaired) electrons. The minimum Gasteiger partial charge on any atom is -0.497 e. The van der Waals surface area contributed by atoms with Crippen molar-refractivity contribution in [1.29, 1.82) is 0 Å². The number of carbonyl (C=O) groups excluding carboxylic acids is 1. The van der Waals surface area contributed by atoms with E-state index >= 15 is 0 Å². The number of carboxylic acids is 1. The number of methoxy groups -OCH3 is 1. The maximum absolute atomic E-state index is 12.8. The van der Waals surface area contributed by atoms with E-state index in [4.69, 9.17) is 21.4 Å². The van der Waals surface area contributed by atoms with Gasteiger partial charge in [0.15, 0.2) is 0 Å². The van der Waals surface area contributed by atoms with E-state index in [1.165, 1.54) is 0 Å². The van der Waals surface area contributed by atoms with E-state index < -0.39 is 5.97 Å². The van der Waals surface area contributed by atoms with Crippen LogP contribution in [0.15, 0.2) is 42.5 Å². The van der Waals surface area contributed by atoms with Crippen LogP contribution < -0.4 is 4.74 Å². The van der Waals surface area contributed by atoms with Gasteiger partial charge in [-0.3, -0.25) is 14.5 Å². The van der Waals surface area contributed by atoms with Gasteiger partial charge in [-0.05, 0) is 47.9 Å². The van der Waals surface area contributed by atoms with Crippen molar-refractivity contribution < 1.29 is 19.4 Å². The van der Waals surface area contributed by atoms with Crippen LogP contribution in [-0.2, 0) is 29.0 Å². The first-order valence-corrected chi connectivity index (χ1v) is 10.4. The highest BCUT2D eigenvalue weighted by Gasteiger charge is 2.27. The molecule has 1 fully saturated rings. The van der Waals surface area contributed by atoms with Crippen LogP contribution in [0.2, 0.25) is 5.02 Å². The van der Waals surface area contributed by atoms with E-state index in [0.29, 0.717) is 24.5 Å². The summed E-state index contributed by atoms with van der Waals surface area (Å²) in [4.78, 5) is 28.1. The maximum atomic E-state index is 12.8. The minimum absolute atomic E-state index is 0.0254. The van der Waals surface area contributed by atoms with Crippen LogP contribution in [0.25, 0.3) is 0 Å². The SMILES string of the molecule is COc1ccc(CC(=O)N2CCN(Cc3cc(Cl)ccc3CC(=O)O)CC2C)cc1. The van der Waals surface area contributed by atoms with Crippen LogP contribution in [0.5, 0.6) is 5.75 Å². The summed E-state index contributed by atoms with van der Waals surface area (Å²) in [6, 6.07) is 13.0. The average molecular weight is 431 g/mol. The van der Waals surface area contributed by atoms with Gasteiger partial charge in [0.25, 0.3) is 0 Å². The second kappa shape index (κ2) is 9.96. The second-order valence-corrected chi connectivity index (χ2v) is 8.12. The molecule has 1 unspecified atom stereocenters. The minimum atomic E-state index is -0.860. The molecule has 0 spiro atoms. The predicted molar refractivity (Wildman–Crippen MR) is 116 cm³/mol. The van der Waals surface area contributed by atoms with Gasteiger partial charge in [-0.15, -0.1) is 0 Å². The highest BCUT2D eigenvalue weighted by Crippen LogP contribution is 2.21. The quantitative estimate of drug-likeness (QED) is 0.730. The van der Waals surface area contributed by atoms with E-state index in [9.17, 15) is 9.59 Å². The fraction of sp³-hybridized carbons (Fsp3) is 0.391. The van der Waals surface area contributed by atoms with Gasteiger partial charge >= 0.3 is 5.97 Å². The van der Waals surface area contributed by atoms with E-state index in [-0.39, 0.29) is 18.4 Å². The summed E-state index contributed by atoms with van der Waals surface area (Å²) in [6.45, 7) is 4.78. The first-order chi connectivity index (χ1) is 14.4. The molecule has 0 saturated carbocycles. The van der Waals surface area contributed by atoms with Crippen LogP contribution >= 0.6 is 11.6 Å². The fourth-order valence-electron chi connectivity index (χ4n) is 3.88. The summed E-state index contributed by atoms with van der Waals surface area (Å²) in [5, 5.41) is 9.75. The molecule has 1 aliphatic rings. The molecule has 0 aliphatic carbocycles. The Morgan fingerprint density at radius 1 is 1.10 bits per heavy atom. The summed E-state index contributed by atoms with van der Waals surface area (Å²) in [7, 11) is 1.62. The summed E-state index contributed by atoms with van der Waals surface area (Å²) in [6.07, 6.45) is 0.341. The Kier molecular flexibility index (Phi) is 7.34. The zero-order valence-electron chi connectivity index (χ0n) is 17.3. The molecule has 6 nitrogen and oxygen atoms in total. The summed E-state index contributed by atoms with van der Waals surface area (Å²) < 4.78 is 5.16. The molecule has 2 aromatic rings. The summed E-state index contributed by atoms with van der Waals surface area (Å²) in [5.74, 6) is 0.0268. The van der Waals surface area contributed by atoms with Crippen molar-refractivity contribution in [3.05, 3.63) is 64.2 Å². The lowest BCUT2D eigenvalue weighted by Gasteiger charge is -2.40. The van der Waals surface area contributed by atoms with Gasteiger partial charge in [-0.25, -0.2) is 0 Å². The van der Waals surface area contributed by atoms with Gasteiger partial charge in [0.05, 0.1) is 20.0 Å². The van der Waals surface area contributed by atoms with Gasteiger partial charge < -0.3 is 14.7 Å². The van der Waals surface area contributed by atoms with Gasteiger partial charge in [-0.2, -0.15) is 0 Å². The van der Waals surface area contributed by atoms with Crippen LogP contribution in [0.1, 0.15) is 23.6 Å².